The summed E-state index contributed by atoms with van der Waals surface area (Å²) in [6, 6.07) is 94.9. The Morgan fingerprint density at radius 1 is 0.313 bits per heavy atom. The van der Waals surface area contributed by atoms with Crippen LogP contribution in [0.1, 0.15) is 22.3 Å². The third kappa shape index (κ3) is 6.18. The van der Waals surface area contributed by atoms with E-state index in [-0.39, 0.29) is 0 Å². The summed E-state index contributed by atoms with van der Waals surface area (Å²) in [7, 11) is 0. The van der Waals surface area contributed by atoms with Gasteiger partial charge in [0.2, 0.25) is 0 Å². The minimum Gasteiger partial charge on any atom is -0.453 e. The molecule has 1 aliphatic rings. The van der Waals surface area contributed by atoms with Crippen molar-refractivity contribution in [1.82, 2.24) is 0 Å². The standard InChI is InChI=1S/C65H43NO/c1-5-19-46(20-6-1)54-40-41-61(64-62(54)58-30-17-29-55(63(58)67-64)47-21-7-2-8-22-47)66(52-36-34-45(35-37-52)49-33-32-44-18-13-14-23-48(44)42-49)53-38-39-57-56-28-15-16-31-59(56)65(60(57)43-53,50-24-9-3-10-25-50)51-26-11-4-12-27-51/h1-43H. The van der Waals surface area contributed by atoms with Crippen molar-refractivity contribution in [2.75, 3.05) is 4.90 Å². The molecule has 0 saturated carbocycles. The first-order valence-corrected chi connectivity index (χ1v) is 23.1. The predicted molar refractivity (Wildman–Crippen MR) is 280 cm³/mol. The summed E-state index contributed by atoms with van der Waals surface area (Å²) in [6.07, 6.45) is 0. The zero-order valence-electron chi connectivity index (χ0n) is 36.7. The number of furan rings is 1. The summed E-state index contributed by atoms with van der Waals surface area (Å²) in [6.45, 7) is 0. The number of fused-ring (bicyclic) bond motifs is 7. The molecule has 0 N–H and O–H groups in total. The highest BCUT2D eigenvalue weighted by atomic mass is 16.3. The molecule has 0 amide bonds. The van der Waals surface area contributed by atoms with Crippen LogP contribution in [0.4, 0.5) is 17.1 Å². The average molecular weight is 854 g/mol. The van der Waals surface area contributed by atoms with Crippen LogP contribution in [0.2, 0.25) is 0 Å². The van der Waals surface area contributed by atoms with Crippen LogP contribution >= 0.6 is 0 Å². The molecule has 0 radical (unpaired) electrons. The fourth-order valence-corrected chi connectivity index (χ4v) is 10.9. The molecule has 0 aliphatic heterocycles. The van der Waals surface area contributed by atoms with Crippen molar-refractivity contribution in [2.45, 2.75) is 5.41 Å². The summed E-state index contributed by atoms with van der Waals surface area (Å²) in [4.78, 5) is 2.41. The molecule has 0 unspecified atom stereocenters. The van der Waals surface area contributed by atoms with Crippen LogP contribution in [0.25, 0.3) is 77.2 Å². The number of nitrogens with zero attached hydrogens (tertiary/aromatic N) is 1. The first kappa shape index (κ1) is 38.7. The van der Waals surface area contributed by atoms with Crippen LogP contribution in [-0.2, 0) is 5.41 Å². The monoisotopic (exact) mass is 853 g/mol. The molecule has 67 heavy (non-hydrogen) atoms. The number of hydrogen-bond acceptors (Lipinski definition) is 2. The molecule has 11 aromatic carbocycles. The van der Waals surface area contributed by atoms with E-state index >= 15 is 0 Å². The van der Waals surface area contributed by atoms with Gasteiger partial charge in [-0.25, -0.2) is 0 Å². The van der Waals surface area contributed by atoms with E-state index in [9.17, 15) is 0 Å². The second kappa shape index (κ2) is 15.8. The predicted octanol–water partition coefficient (Wildman–Crippen LogP) is 17.6. The molecule has 0 bridgehead atoms. The zero-order valence-corrected chi connectivity index (χ0v) is 36.7. The number of rotatable bonds is 8. The third-order valence-corrected chi connectivity index (χ3v) is 13.9. The molecule has 2 nitrogen and oxygen atoms in total. The molecule has 0 fully saturated rings. The van der Waals surface area contributed by atoms with Crippen LogP contribution < -0.4 is 4.90 Å². The van der Waals surface area contributed by atoms with Gasteiger partial charge < -0.3 is 9.32 Å². The van der Waals surface area contributed by atoms with Crippen LogP contribution in [-0.4, -0.2) is 0 Å². The van der Waals surface area contributed by atoms with Crippen molar-refractivity contribution in [3.8, 4) is 44.5 Å². The fraction of sp³-hybridized carbons (Fsp3) is 0.0154. The summed E-state index contributed by atoms with van der Waals surface area (Å²) in [5, 5.41) is 4.64. The second-order valence-corrected chi connectivity index (χ2v) is 17.6. The van der Waals surface area contributed by atoms with Crippen molar-refractivity contribution in [3.05, 3.63) is 283 Å². The van der Waals surface area contributed by atoms with E-state index in [1.54, 1.807) is 0 Å². The SMILES string of the molecule is c1ccc(-c2cccc3c2oc2c(N(c4ccc(-c5ccc6ccccc6c5)cc4)c4ccc5c(c4)C(c4ccccc4)(c4ccccc4)c4ccccc4-5)ccc(-c4ccccc4)c23)cc1. The van der Waals surface area contributed by atoms with Gasteiger partial charge in [0.1, 0.15) is 5.58 Å². The molecule has 0 saturated heterocycles. The van der Waals surface area contributed by atoms with E-state index in [2.05, 4.69) is 266 Å². The third-order valence-electron chi connectivity index (χ3n) is 13.9. The van der Waals surface area contributed by atoms with Crippen molar-refractivity contribution in [2.24, 2.45) is 0 Å². The molecule has 0 spiro atoms. The number of hydrogen-bond donors (Lipinski definition) is 0. The second-order valence-electron chi connectivity index (χ2n) is 17.6. The maximum absolute atomic E-state index is 7.37. The molecule has 314 valence electrons. The van der Waals surface area contributed by atoms with E-state index in [4.69, 9.17) is 4.42 Å². The smallest absolute Gasteiger partial charge is 0.160 e. The highest BCUT2D eigenvalue weighted by Crippen LogP contribution is 2.58. The van der Waals surface area contributed by atoms with Crippen molar-refractivity contribution in [1.29, 1.82) is 0 Å². The lowest BCUT2D eigenvalue weighted by molar-refractivity contribution is 0.670. The topological polar surface area (TPSA) is 16.4 Å². The van der Waals surface area contributed by atoms with Crippen molar-refractivity contribution >= 4 is 49.8 Å². The first-order chi connectivity index (χ1) is 33.2. The highest BCUT2D eigenvalue weighted by molar-refractivity contribution is 6.19. The summed E-state index contributed by atoms with van der Waals surface area (Å²) in [5.41, 5.74) is 18.5. The Hall–Kier alpha value is -8.72. The summed E-state index contributed by atoms with van der Waals surface area (Å²) in [5.74, 6) is 0. The van der Waals surface area contributed by atoms with Crippen molar-refractivity contribution in [3.63, 3.8) is 0 Å². The van der Waals surface area contributed by atoms with Crippen LogP contribution in [0.5, 0.6) is 0 Å². The Bertz CT molecular complexity index is 3740. The van der Waals surface area contributed by atoms with E-state index in [1.165, 1.54) is 49.7 Å². The fourth-order valence-electron chi connectivity index (χ4n) is 10.9. The van der Waals surface area contributed by atoms with Gasteiger partial charge in [0.25, 0.3) is 0 Å². The summed E-state index contributed by atoms with van der Waals surface area (Å²) >= 11 is 0. The lowest BCUT2D eigenvalue weighted by Crippen LogP contribution is -2.28. The highest BCUT2D eigenvalue weighted by Gasteiger charge is 2.46. The molecule has 1 heterocycles. The van der Waals surface area contributed by atoms with Crippen LogP contribution in [0.3, 0.4) is 0 Å². The lowest BCUT2D eigenvalue weighted by Gasteiger charge is -2.35. The van der Waals surface area contributed by atoms with E-state index in [0.29, 0.717) is 0 Å². The Morgan fingerprint density at radius 3 is 1.58 bits per heavy atom. The Morgan fingerprint density at radius 2 is 0.866 bits per heavy atom. The maximum atomic E-state index is 7.37. The van der Waals surface area contributed by atoms with E-state index in [0.717, 1.165) is 66.8 Å². The molecule has 0 atom stereocenters. The number of para-hydroxylation sites is 1. The van der Waals surface area contributed by atoms with Crippen molar-refractivity contribution < 1.29 is 4.42 Å². The maximum Gasteiger partial charge on any atom is 0.160 e. The van der Waals surface area contributed by atoms with Gasteiger partial charge in [-0.3, -0.25) is 0 Å². The van der Waals surface area contributed by atoms with E-state index in [1.807, 2.05) is 0 Å². The van der Waals surface area contributed by atoms with Gasteiger partial charge in [-0.05, 0) is 108 Å². The molecule has 1 aliphatic carbocycles. The largest absolute Gasteiger partial charge is 0.453 e. The van der Waals surface area contributed by atoms with Gasteiger partial charge >= 0.3 is 0 Å². The molecule has 1 aromatic heterocycles. The minimum absolute atomic E-state index is 0.563. The van der Waals surface area contributed by atoms with Gasteiger partial charge in [0, 0.05) is 27.7 Å². The molecule has 2 heteroatoms. The average Bonchev–Trinajstić information content (AvgIpc) is 3.95. The van der Waals surface area contributed by atoms with Gasteiger partial charge in [0.05, 0.1) is 11.1 Å². The Labute approximate surface area is 390 Å². The minimum atomic E-state index is -0.563. The molecule has 13 rings (SSSR count). The molecular formula is C65H43NO. The molecular weight excluding hydrogens is 811 g/mol. The van der Waals surface area contributed by atoms with E-state index < -0.39 is 5.41 Å². The normalized spacial score (nSPS) is 12.6. The van der Waals surface area contributed by atoms with Crippen LogP contribution in [0, 0.1) is 0 Å². The molecule has 12 aromatic rings. The summed E-state index contributed by atoms with van der Waals surface area (Å²) < 4.78 is 7.37. The van der Waals surface area contributed by atoms with Gasteiger partial charge in [-0.1, -0.05) is 224 Å². The van der Waals surface area contributed by atoms with Gasteiger partial charge in [0.15, 0.2) is 5.58 Å². The van der Waals surface area contributed by atoms with Gasteiger partial charge in [-0.2, -0.15) is 0 Å². The Balaban J connectivity index is 1.09. The Kier molecular flexibility index (Phi) is 9.11. The number of benzene rings is 11. The van der Waals surface area contributed by atoms with Gasteiger partial charge in [-0.15, -0.1) is 0 Å². The quantitative estimate of drug-likeness (QED) is 0.151. The zero-order chi connectivity index (χ0) is 44.3. The lowest BCUT2D eigenvalue weighted by atomic mass is 9.67. The number of anilines is 3. The van der Waals surface area contributed by atoms with Crippen LogP contribution in [0.15, 0.2) is 265 Å². The first-order valence-electron chi connectivity index (χ1n) is 23.1.